The van der Waals surface area contributed by atoms with Crippen LogP contribution in [0, 0.1) is 0 Å². The van der Waals surface area contributed by atoms with Gasteiger partial charge in [-0.2, -0.15) is 0 Å². The molecule has 1 heteroatoms. The lowest BCUT2D eigenvalue weighted by molar-refractivity contribution is 0.768. The van der Waals surface area contributed by atoms with E-state index in [4.69, 9.17) is 0 Å². The maximum absolute atomic E-state index is 2.52. The minimum Gasteiger partial charge on any atom is -0.309 e. The molecule has 0 aromatic heterocycles. The molecule has 12 rings (SSSR count). The first kappa shape index (κ1) is 37.5. The van der Waals surface area contributed by atoms with Crippen LogP contribution in [-0.2, 0) is 5.41 Å². The van der Waals surface area contributed by atoms with Crippen molar-refractivity contribution in [3.05, 3.63) is 283 Å². The molecular weight excluding hydrogens is 771 g/mol. The summed E-state index contributed by atoms with van der Waals surface area (Å²) in [6.07, 6.45) is 0. The highest BCUT2D eigenvalue weighted by Gasteiger charge is 2.47. The first-order chi connectivity index (χ1) is 31.8. The molecule has 0 spiro atoms. The van der Waals surface area contributed by atoms with Gasteiger partial charge in [0.25, 0.3) is 0 Å². The lowest BCUT2D eigenvalue weighted by atomic mass is 9.68. The zero-order valence-corrected chi connectivity index (χ0v) is 35.3. The van der Waals surface area contributed by atoms with E-state index in [1.807, 2.05) is 0 Å². The van der Waals surface area contributed by atoms with Crippen molar-refractivity contribution in [3.8, 4) is 44.5 Å². The lowest BCUT2D eigenvalue weighted by Gasteiger charge is -2.34. The first-order valence-electron chi connectivity index (χ1n) is 22.2. The van der Waals surface area contributed by atoms with Crippen molar-refractivity contribution in [1.82, 2.24) is 0 Å². The van der Waals surface area contributed by atoms with Gasteiger partial charge in [0.1, 0.15) is 0 Å². The second kappa shape index (κ2) is 15.6. The molecule has 0 aliphatic heterocycles. The van der Waals surface area contributed by atoms with Gasteiger partial charge in [0.05, 0.1) is 16.8 Å². The molecule has 1 aliphatic carbocycles. The van der Waals surface area contributed by atoms with Gasteiger partial charge in [0.2, 0.25) is 0 Å². The summed E-state index contributed by atoms with van der Waals surface area (Å²) < 4.78 is 0. The predicted octanol–water partition coefficient (Wildman–Crippen LogP) is 16.8. The van der Waals surface area contributed by atoms with Crippen molar-refractivity contribution in [2.45, 2.75) is 5.41 Å². The molecule has 1 aliphatic rings. The Hall–Kier alpha value is -8.26. The topological polar surface area (TPSA) is 3.24 Å². The molecule has 11 aromatic rings. The molecule has 64 heavy (non-hydrogen) atoms. The smallest absolute Gasteiger partial charge is 0.0714 e. The Bertz CT molecular complexity index is 3420. The van der Waals surface area contributed by atoms with Crippen molar-refractivity contribution in [3.63, 3.8) is 0 Å². The van der Waals surface area contributed by atoms with Crippen LogP contribution in [0.3, 0.4) is 0 Å². The molecule has 11 aromatic carbocycles. The molecule has 0 bridgehead atoms. The third-order valence-electron chi connectivity index (χ3n) is 13.4. The zero-order chi connectivity index (χ0) is 42.5. The van der Waals surface area contributed by atoms with Crippen molar-refractivity contribution in [2.75, 3.05) is 4.90 Å². The van der Waals surface area contributed by atoms with Crippen molar-refractivity contribution < 1.29 is 0 Å². The molecule has 0 unspecified atom stereocenters. The van der Waals surface area contributed by atoms with Crippen LogP contribution in [0.2, 0.25) is 0 Å². The van der Waals surface area contributed by atoms with E-state index in [1.165, 1.54) is 88.3 Å². The largest absolute Gasteiger partial charge is 0.309 e. The number of nitrogens with zero attached hydrogens (tertiary/aromatic N) is 1. The van der Waals surface area contributed by atoms with Crippen molar-refractivity contribution >= 4 is 38.6 Å². The zero-order valence-electron chi connectivity index (χ0n) is 35.3. The molecule has 0 amide bonds. The highest BCUT2D eigenvalue weighted by molar-refractivity contribution is 6.15. The van der Waals surface area contributed by atoms with Gasteiger partial charge in [-0.15, -0.1) is 0 Å². The van der Waals surface area contributed by atoms with Gasteiger partial charge in [-0.3, -0.25) is 0 Å². The number of benzene rings is 11. The Kier molecular flexibility index (Phi) is 9.13. The SMILES string of the molecule is c1ccc(-c2ccc(-c3ccc(N(c4ccccc4-c4cc5ccccc5c5ccccc45)c4cccc5c4-c4ccccc4C5(c4ccccc4)c4ccccc4)cc3)cc2)cc1. The Balaban J connectivity index is 1.11. The summed E-state index contributed by atoms with van der Waals surface area (Å²) in [6, 6.07) is 95.9. The number of fused-ring (bicyclic) bond motifs is 6. The van der Waals surface area contributed by atoms with Gasteiger partial charge in [-0.1, -0.05) is 231 Å². The molecule has 0 radical (unpaired) electrons. The van der Waals surface area contributed by atoms with Crippen LogP contribution in [-0.4, -0.2) is 0 Å². The molecule has 0 saturated carbocycles. The van der Waals surface area contributed by atoms with E-state index >= 15 is 0 Å². The third-order valence-corrected chi connectivity index (χ3v) is 13.4. The van der Waals surface area contributed by atoms with Gasteiger partial charge in [-0.25, -0.2) is 0 Å². The molecule has 300 valence electrons. The number of hydrogen-bond acceptors (Lipinski definition) is 1. The number of hydrogen-bond donors (Lipinski definition) is 0. The highest BCUT2D eigenvalue weighted by atomic mass is 15.1. The van der Waals surface area contributed by atoms with Gasteiger partial charge in [-0.05, 0) is 108 Å². The predicted molar refractivity (Wildman–Crippen MR) is 270 cm³/mol. The molecule has 0 saturated heterocycles. The van der Waals surface area contributed by atoms with Crippen LogP contribution < -0.4 is 4.90 Å². The summed E-state index contributed by atoms with van der Waals surface area (Å²) in [5, 5.41) is 4.98. The molecule has 0 heterocycles. The van der Waals surface area contributed by atoms with Crippen molar-refractivity contribution in [1.29, 1.82) is 0 Å². The maximum atomic E-state index is 2.52. The van der Waals surface area contributed by atoms with E-state index in [1.54, 1.807) is 0 Å². The molecule has 0 N–H and O–H groups in total. The summed E-state index contributed by atoms with van der Waals surface area (Å²) in [5.41, 5.74) is 17.5. The highest BCUT2D eigenvalue weighted by Crippen LogP contribution is 2.60. The Morgan fingerprint density at radius 2 is 0.750 bits per heavy atom. The van der Waals surface area contributed by atoms with Crippen LogP contribution in [0.5, 0.6) is 0 Å². The second-order valence-electron chi connectivity index (χ2n) is 16.8. The average Bonchev–Trinajstić information content (AvgIpc) is 3.69. The summed E-state index contributed by atoms with van der Waals surface area (Å²) >= 11 is 0. The van der Waals surface area contributed by atoms with E-state index in [2.05, 4.69) is 266 Å². The van der Waals surface area contributed by atoms with Gasteiger partial charge >= 0.3 is 0 Å². The number of anilines is 3. The molecular formula is C63H43N. The quantitative estimate of drug-likeness (QED) is 0.138. The van der Waals surface area contributed by atoms with E-state index in [9.17, 15) is 0 Å². The van der Waals surface area contributed by atoms with Crippen LogP contribution in [0.25, 0.3) is 66.1 Å². The van der Waals surface area contributed by atoms with Crippen LogP contribution in [0.1, 0.15) is 22.3 Å². The van der Waals surface area contributed by atoms with E-state index in [0.29, 0.717) is 0 Å². The monoisotopic (exact) mass is 813 g/mol. The number of rotatable bonds is 8. The van der Waals surface area contributed by atoms with Gasteiger partial charge < -0.3 is 4.90 Å². The lowest BCUT2D eigenvalue weighted by Crippen LogP contribution is -2.28. The standard InChI is InChI=1S/C63H43N/c1-4-19-44(20-5-1)45-35-37-46(38-36-45)47-39-41-51(42-40-47)64(60-33-17-15-29-55(60)57-43-48-21-10-11-26-52(48)53-27-12-13-28-54(53)57)61-34-18-32-59-62(61)56-30-14-16-31-58(56)63(59,49-22-6-2-7-23-49)50-24-8-3-9-25-50/h1-43H. The summed E-state index contributed by atoms with van der Waals surface area (Å²) in [7, 11) is 0. The fourth-order valence-corrected chi connectivity index (χ4v) is 10.5. The fraction of sp³-hybridized carbons (Fsp3) is 0.0159. The second-order valence-corrected chi connectivity index (χ2v) is 16.8. The van der Waals surface area contributed by atoms with Crippen LogP contribution in [0.4, 0.5) is 17.1 Å². The molecule has 0 fully saturated rings. The summed E-state index contributed by atoms with van der Waals surface area (Å²) in [5.74, 6) is 0. The normalized spacial score (nSPS) is 12.5. The van der Waals surface area contributed by atoms with Crippen LogP contribution in [0.15, 0.2) is 261 Å². The minimum atomic E-state index is -0.528. The maximum Gasteiger partial charge on any atom is 0.0714 e. The Morgan fingerprint density at radius 1 is 0.281 bits per heavy atom. The van der Waals surface area contributed by atoms with E-state index < -0.39 is 5.41 Å². The van der Waals surface area contributed by atoms with Gasteiger partial charge in [0.15, 0.2) is 0 Å². The van der Waals surface area contributed by atoms with Crippen molar-refractivity contribution in [2.24, 2.45) is 0 Å². The van der Waals surface area contributed by atoms with Crippen LogP contribution >= 0.6 is 0 Å². The van der Waals surface area contributed by atoms with E-state index in [-0.39, 0.29) is 0 Å². The molecule has 1 nitrogen and oxygen atoms in total. The average molecular weight is 814 g/mol. The third kappa shape index (κ3) is 6.01. The molecule has 0 atom stereocenters. The Morgan fingerprint density at radius 3 is 1.42 bits per heavy atom. The summed E-state index contributed by atoms with van der Waals surface area (Å²) in [6.45, 7) is 0. The van der Waals surface area contributed by atoms with E-state index in [0.717, 1.165) is 17.1 Å². The summed E-state index contributed by atoms with van der Waals surface area (Å²) in [4.78, 5) is 2.52. The van der Waals surface area contributed by atoms with Gasteiger partial charge in [0, 0.05) is 16.8 Å². The number of para-hydroxylation sites is 1. The Labute approximate surface area is 374 Å². The minimum absolute atomic E-state index is 0.528. The first-order valence-corrected chi connectivity index (χ1v) is 22.2. The fourth-order valence-electron chi connectivity index (χ4n) is 10.5.